The van der Waals surface area contributed by atoms with Crippen LogP contribution in [0.1, 0.15) is 38.9 Å². The average molecular weight is 526 g/mol. The Labute approximate surface area is 214 Å². The molecule has 10 heteroatoms. The molecule has 1 unspecified atom stereocenters. The fraction of sp³-hybridized carbons (Fsp3) is 0.200. The second kappa shape index (κ2) is 9.07. The van der Waals surface area contributed by atoms with Gasteiger partial charge in [-0.3, -0.25) is 14.5 Å². The summed E-state index contributed by atoms with van der Waals surface area (Å²) >= 11 is 8.79. The third-order valence-electron chi connectivity index (χ3n) is 5.59. The highest BCUT2D eigenvalue weighted by molar-refractivity contribution is 7.22. The molecule has 0 bridgehead atoms. The number of fused-ring (bicyclic) bond motifs is 1. The van der Waals surface area contributed by atoms with Gasteiger partial charge in [-0.1, -0.05) is 35.1 Å². The van der Waals surface area contributed by atoms with E-state index in [0.29, 0.717) is 44.2 Å². The molecule has 2 aromatic heterocycles. The lowest BCUT2D eigenvalue weighted by molar-refractivity contribution is -0.117. The van der Waals surface area contributed by atoms with Crippen LogP contribution >= 0.6 is 34.3 Å². The van der Waals surface area contributed by atoms with Gasteiger partial charge < -0.3 is 9.84 Å². The van der Waals surface area contributed by atoms with Crippen LogP contribution in [0.2, 0.25) is 5.02 Å². The van der Waals surface area contributed by atoms with Crippen LogP contribution in [0.15, 0.2) is 53.8 Å². The number of rotatable bonds is 6. The average Bonchev–Trinajstić information content (AvgIpc) is 3.46. The van der Waals surface area contributed by atoms with E-state index in [1.165, 1.54) is 27.6 Å². The van der Waals surface area contributed by atoms with Gasteiger partial charge in [-0.25, -0.2) is 9.97 Å². The number of carbonyl (C=O) groups excluding carboxylic acids is 2. The van der Waals surface area contributed by atoms with E-state index < -0.39 is 23.5 Å². The van der Waals surface area contributed by atoms with Gasteiger partial charge in [0.25, 0.3) is 5.91 Å². The molecule has 0 fully saturated rings. The molecule has 0 spiro atoms. The van der Waals surface area contributed by atoms with Crippen molar-refractivity contribution in [1.82, 2.24) is 9.97 Å². The minimum atomic E-state index is -0.901. The molecule has 1 N–H and O–H groups in total. The fourth-order valence-corrected chi connectivity index (χ4v) is 6.24. The van der Waals surface area contributed by atoms with Gasteiger partial charge in [0, 0.05) is 5.02 Å². The number of nitrogens with zero attached hydrogens (tertiary/aromatic N) is 3. The number of benzene rings is 2. The van der Waals surface area contributed by atoms with Crippen LogP contribution in [0.3, 0.4) is 0 Å². The van der Waals surface area contributed by atoms with Crippen molar-refractivity contribution in [2.75, 3.05) is 11.5 Å². The molecule has 5 rings (SSSR count). The summed E-state index contributed by atoms with van der Waals surface area (Å²) in [5.41, 5.74) is 1.81. The van der Waals surface area contributed by atoms with Crippen molar-refractivity contribution in [2.24, 2.45) is 0 Å². The number of aliphatic hydroxyl groups excluding tert-OH is 1. The number of amides is 1. The van der Waals surface area contributed by atoms with Crippen LogP contribution in [0.25, 0.3) is 10.2 Å². The number of halogens is 1. The van der Waals surface area contributed by atoms with Crippen LogP contribution in [0, 0.1) is 13.8 Å². The van der Waals surface area contributed by atoms with Crippen LogP contribution in [-0.4, -0.2) is 33.4 Å². The third-order valence-corrected chi connectivity index (χ3v) is 7.92. The lowest BCUT2D eigenvalue weighted by Crippen LogP contribution is -2.31. The second-order valence-corrected chi connectivity index (χ2v) is 10.6. The SMILES string of the molecule is CCOc1ccc2nc(N3C(=O)C(O)=C(C(=O)c4sc(C)nc4C)C3c3cccc(Cl)c3)sc2c1. The Kier molecular flexibility index (Phi) is 6.08. The maximum Gasteiger partial charge on any atom is 0.296 e. The van der Waals surface area contributed by atoms with E-state index in [0.717, 1.165) is 9.71 Å². The summed E-state index contributed by atoms with van der Waals surface area (Å²) in [5, 5.41) is 12.5. The van der Waals surface area contributed by atoms with Gasteiger partial charge in [0.1, 0.15) is 5.75 Å². The number of aryl methyl sites for hydroxylation is 2. The van der Waals surface area contributed by atoms with Gasteiger partial charge >= 0.3 is 0 Å². The molecule has 178 valence electrons. The van der Waals surface area contributed by atoms with Crippen LogP contribution in [0.4, 0.5) is 5.13 Å². The quantitative estimate of drug-likeness (QED) is 0.301. The molecule has 35 heavy (non-hydrogen) atoms. The summed E-state index contributed by atoms with van der Waals surface area (Å²) in [7, 11) is 0. The molecular weight excluding hydrogens is 506 g/mol. The zero-order valence-corrected chi connectivity index (χ0v) is 21.4. The van der Waals surface area contributed by atoms with Crippen molar-refractivity contribution in [1.29, 1.82) is 0 Å². The maximum absolute atomic E-state index is 13.7. The molecular formula is C25H20ClN3O4S2. The summed E-state index contributed by atoms with van der Waals surface area (Å²) < 4.78 is 6.40. The van der Waals surface area contributed by atoms with Crippen LogP contribution < -0.4 is 9.64 Å². The number of hydrogen-bond donors (Lipinski definition) is 1. The molecule has 2 aromatic carbocycles. The number of Topliss-reactive ketones (excluding diaryl/α,β-unsaturated/α-hetero) is 1. The summed E-state index contributed by atoms with van der Waals surface area (Å²) in [6.45, 7) is 5.97. The number of aliphatic hydroxyl groups is 1. The third kappa shape index (κ3) is 4.09. The Balaban J connectivity index is 1.66. The van der Waals surface area contributed by atoms with Crippen molar-refractivity contribution in [3.8, 4) is 5.75 Å². The number of ketones is 1. The Morgan fingerprint density at radius 3 is 2.66 bits per heavy atom. The number of thiazole rings is 2. The number of aromatic nitrogens is 2. The number of hydrogen-bond acceptors (Lipinski definition) is 8. The largest absolute Gasteiger partial charge is 0.503 e. The Morgan fingerprint density at radius 2 is 1.97 bits per heavy atom. The van der Waals surface area contributed by atoms with Gasteiger partial charge in [0.15, 0.2) is 10.9 Å². The standard InChI is InChI=1S/C25H20ClN3O4S2/c1-4-33-16-8-9-17-18(11-16)35-25(28-17)29-20(14-6-5-7-15(26)10-14)19(22(31)24(29)32)21(30)23-12(2)27-13(3)34-23/h5-11,20,31H,4H2,1-3H3. The molecule has 1 atom stereocenters. The Bertz CT molecular complexity index is 1520. The number of ether oxygens (including phenoxy) is 1. The van der Waals surface area contributed by atoms with Gasteiger partial charge in [-0.2, -0.15) is 0 Å². The van der Waals surface area contributed by atoms with Gasteiger partial charge in [0.05, 0.1) is 44.0 Å². The second-order valence-electron chi connectivity index (χ2n) is 7.93. The molecule has 0 saturated heterocycles. The Morgan fingerprint density at radius 1 is 1.17 bits per heavy atom. The predicted octanol–water partition coefficient (Wildman–Crippen LogP) is 6.20. The molecule has 3 heterocycles. The van der Waals surface area contributed by atoms with Gasteiger partial charge in [-0.05, 0) is 56.7 Å². The van der Waals surface area contributed by atoms with E-state index >= 15 is 0 Å². The lowest BCUT2D eigenvalue weighted by Gasteiger charge is -2.24. The first kappa shape index (κ1) is 23.5. The van der Waals surface area contributed by atoms with Gasteiger partial charge in [-0.15, -0.1) is 11.3 Å². The zero-order chi connectivity index (χ0) is 24.9. The summed E-state index contributed by atoms with van der Waals surface area (Å²) in [6, 6.07) is 11.5. The van der Waals surface area contributed by atoms with E-state index in [4.69, 9.17) is 16.3 Å². The highest BCUT2D eigenvalue weighted by atomic mass is 35.5. The summed E-state index contributed by atoms with van der Waals surface area (Å²) in [6.07, 6.45) is 0. The normalized spacial score (nSPS) is 15.9. The predicted molar refractivity (Wildman–Crippen MR) is 138 cm³/mol. The first-order chi connectivity index (χ1) is 16.8. The minimum absolute atomic E-state index is 0.0155. The van der Waals surface area contributed by atoms with E-state index in [1.54, 1.807) is 38.1 Å². The van der Waals surface area contributed by atoms with Crippen molar-refractivity contribution in [3.63, 3.8) is 0 Å². The molecule has 4 aromatic rings. The van der Waals surface area contributed by atoms with E-state index in [9.17, 15) is 14.7 Å². The van der Waals surface area contributed by atoms with E-state index in [-0.39, 0.29) is 5.57 Å². The van der Waals surface area contributed by atoms with E-state index in [1.807, 2.05) is 25.1 Å². The van der Waals surface area contributed by atoms with Crippen molar-refractivity contribution in [2.45, 2.75) is 26.8 Å². The number of anilines is 1. The maximum atomic E-state index is 13.7. The van der Waals surface area contributed by atoms with Gasteiger partial charge in [0.2, 0.25) is 5.78 Å². The summed E-state index contributed by atoms with van der Waals surface area (Å²) in [5.74, 6) is -1.03. The molecule has 0 saturated carbocycles. The zero-order valence-electron chi connectivity index (χ0n) is 19.0. The molecule has 0 aliphatic carbocycles. The van der Waals surface area contributed by atoms with Crippen LogP contribution in [0.5, 0.6) is 5.75 Å². The molecule has 0 radical (unpaired) electrons. The topological polar surface area (TPSA) is 92.6 Å². The Hall–Kier alpha value is -3.27. The van der Waals surface area contributed by atoms with Crippen LogP contribution in [-0.2, 0) is 4.79 Å². The molecule has 1 amide bonds. The lowest BCUT2D eigenvalue weighted by atomic mass is 9.95. The summed E-state index contributed by atoms with van der Waals surface area (Å²) in [4.78, 5) is 37.8. The molecule has 7 nitrogen and oxygen atoms in total. The smallest absolute Gasteiger partial charge is 0.296 e. The highest BCUT2D eigenvalue weighted by Crippen LogP contribution is 2.45. The first-order valence-corrected chi connectivity index (χ1v) is 12.8. The fourth-order valence-electron chi connectivity index (χ4n) is 4.14. The molecule has 1 aliphatic rings. The molecule has 1 aliphatic heterocycles. The van der Waals surface area contributed by atoms with E-state index in [2.05, 4.69) is 9.97 Å². The minimum Gasteiger partial charge on any atom is -0.503 e. The van der Waals surface area contributed by atoms with Crippen molar-refractivity contribution in [3.05, 3.63) is 80.0 Å². The highest BCUT2D eigenvalue weighted by Gasteiger charge is 2.46. The number of carbonyl (C=O) groups is 2. The monoisotopic (exact) mass is 525 g/mol. The van der Waals surface area contributed by atoms with Crippen molar-refractivity contribution >= 4 is 61.3 Å². The first-order valence-electron chi connectivity index (χ1n) is 10.8. The van der Waals surface area contributed by atoms with Crippen molar-refractivity contribution < 1.29 is 19.4 Å².